The van der Waals surface area contributed by atoms with Gasteiger partial charge in [-0.15, -0.1) is 0 Å². The maximum atomic E-state index is 9.36. The van der Waals surface area contributed by atoms with E-state index in [-0.39, 0.29) is 6.10 Å². The summed E-state index contributed by atoms with van der Waals surface area (Å²) in [4.78, 5) is 2.35. The molecule has 0 aromatic rings. The van der Waals surface area contributed by atoms with E-state index >= 15 is 0 Å². The van der Waals surface area contributed by atoms with Crippen LogP contribution >= 0.6 is 0 Å². The topological polar surface area (TPSA) is 37.6 Å². The second-order valence-corrected chi connectivity index (χ2v) is 4.26. The van der Waals surface area contributed by atoms with Crippen molar-refractivity contribution in [1.29, 1.82) is 0 Å². The minimum absolute atomic E-state index is 0.0800. The van der Waals surface area contributed by atoms with Gasteiger partial charge in [-0.1, -0.05) is 6.42 Å². The molecular weight excluding hydrogens is 164 g/mol. The van der Waals surface area contributed by atoms with E-state index < -0.39 is 0 Å². The highest BCUT2D eigenvalue weighted by molar-refractivity contribution is 4.81. The van der Waals surface area contributed by atoms with Crippen molar-refractivity contribution in [3.63, 3.8) is 0 Å². The van der Waals surface area contributed by atoms with Crippen molar-refractivity contribution >= 4 is 0 Å². The lowest BCUT2D eigenvalue weighted by Crippen LogP contribution is -2.39. The predicted molar refractivity (Wildman–Crippen MR) is 51.7 cm³/mol. The summed E-state index contributed by atoms with van der Waals surface area (Å²) in [5.41, 5.74) is 0. The van der Waals surface area contributed by atoms with Crippen LogP contribution in [0.15, 0.2) is 0 Å². The van der Waals surface area contributed by atoms with Crippen LogP contribution in [0.4, 0.5) is 0 Å². The SMILES string of the molecule is OC1CCN(CC2CCCC[N]2)C1. The molecule has 2 fully saturated rings. The third-order valence-electron chi connectivity index (χ3n) is 3.05. The molecule has 2 aliphatic rings. The fourth-order valence-corrected chi connectivity index (χ4v) is 2.28. The van der Waals surface area contributed by atoms with Crippen LogP contribution in [0.25, 0.3) is 0 Å². The second-order valence-electron chi connectivity index (χ2n) is 4.26. The van der Waals surface area contributed by atoms with Gasteiger partial charge in [0, 0.05) is 32.2 Å². The van der Waals surface area contributed by atoms with Gasteiger partial charge in [-0.3, -0.25) is 4.90 Å². The van der Waals surface area contributed by atoms with Crippen molar-refractivity contribution in [2.45, 2.75) is 37.8 Å². The Labute approximate surface area is 80.1 Å². The monoisotopic (exact) mass is 183 g/mol. The number of hydrogen-bond donors (Lipinski definition) is 1. The summed E-state index contributed by atoms with van der Waals surface area (Å²) in [6.45, 7) is 4.07. The van der Waals surface area contributed by atoms with Gasteiger partial charge in [0.2, 0.25) is 0 Å². The van der Waals surface area contributed by atoms with Gasteiger partial charge in [0.25, 0.3) is 0 Å². The van der Waals surface area contributed by atoms with Crippen LogP contribution < -0.4 is 5.32 Å². The number of β-amino-alcohol motifs (C(OH)–C–C–N with tert-alkyl or cyclic N) is 1. The number of aliphatic hydroxyl groups is 1. The van der Waals surface area contributed by atoms with Crippen molar-refractivity contribution in [2.75, 3.05) is 26.2 Å². The molecule has 0 saturated carbocycles. The molecule has 3 nitrogen and oxygen atoms in total. The molecule has 2 rings (SSSR count). The van der Waals surface area contributed by atoms with E-state index in [0.717, 1.165) is 32.6 Å². The first-order chi connectivity index (χ1) is 6.34. The van der Waals surface area contributed by atoms with Crippen LogP contribution in [0, 0.1) is 0 Å². The van der Waals surface area contributed by atoms with Gasteiger partial charge in [-0.25, -0.2) is 5.32 Å². The lowest BCUT2D eigenvalue weighted by molar-refractivity contribution is 0.169. The maximum Gasteiger partial charge on any atom is 0.0679 e. The molecular formula is C10H19N2O. The van der Waals surface area contributed by atoms with Crippen LogP contribution in [0.1, 0.15) is 25.7 Å². The first-order valence-electron chi connectivity index (χ1n) is 5.41. The molecule has 0 amide bonds. The van der Waals surface area contributed by atoms with Gasteiger partial charge in [0.1, 0.15) is 0 Å². The smallest absolute Gasteiger partial charge is 0.0679 e. The Kier molecular flexibility index (Phi) is 3.19. The van der Waals surface area contributed by atoms with Crippen LogP contribution in [-0.2, 0) is 0 Å². The Morgan fingerprint density at radius 1 is 1.31 bits per heavy atom. The zero-order valence-electron chi connectivity index (χ0n) is 8.15. The van der Waals surface area contributed by atoms with Gasteiger partial charge in [-0.05, 0) is 19.3 Å². The normalized spacial score (nSPS) is 36.7. The Bertz CT molecular complexity index is 154. The molecule has 13 heavy (non-hydrogen) atoms. The van der Waals surface area contributed by atoms with Gasteiger partial charge in [0.15, 0.2) is 0 Å². The van der Waals surface area contributed by atoms with Gasteiger partial charge < -0.3 is 5.11 Å². The number of likely N-dealkylation sites (tertiary alicyclic amines) is 1. The minimum atomic E-state index is -0.0800. The molecule has 2 atom stereocenters. The molecule has 2 saturated heterocycles. The van der Waals surface area contributed by atoms with Crippen molar-refractivity contribution in [3.05, 3.63) is 0 Å². The first-order valence-corrected chi connectivity index (χ1v) is 5.41. The summed E-state index contributed by atoms with van der Waals surface area (Å²) < 4.78 is 0. The average Bonchev–Trinajstić information content (AvgIpc) is 2.53. The highest BCUT2D eigenvalue weighted by atomic mass is 16.3. The summed E-state index contributed by atoms with van der Waals surface area (Å²) in [7, 11) is 0. The van der Waals surface area contributed by atoms with Gasteiger partial charge >= 0.3 is 0 Å². The molecule has 0 bridgehead atoms. The number of hydrogen-bond acceptors (Lipinski definition) is 2. The molecule has 2 unspecified atom stereocenters. The molecule has 1 radical (unpaired) electrons. The number of aliphatic hydroxyl groups excluding tert-OH is 1. The van der Waals surface area contributed by atoms with E-state index in [1.807, 2.05) is 0 Å². The Morgan fingerprint density at radius 2 is 2.23 bits per heavy atom. The molecule has 0 aromatic carbocycles. The third-order valence-corrected chi connectivity index (χ3v) is 3.05. The zero-order chi connectivity index (χ0) is 9.10. The molecule has 3 heteroatoms. The fraction of sp³-hybridized carbons (Fsp3) is 1.00. The predicted octanol–water partition coefficient (Wildman–Crippen LogP) is 0.210. The fourth-order valence-electron chi connectivity index (χ4n) is 2.28. The quantitative estimate of drug-likeness (QED) is 0.664. The van der Waals surface area contributed by atoms with E-state index in [1.54, 1.807) is 0 Å². The van der Waals surface area contributed by atoms with E-state index in [0.29, 0.717) is 6.04 Å². The summed E-state index contributed by atoms with van der Waals surface area (Å²) in [5.74, 6) is 0. The zero-order valence-corrected chi connectivity index (χ0v) is 8.15. The molecule has 0 aromatic heterocycles. The first kappa shape index (κ1) is 9.44. The lowest BCUT2D eigenvalue weighted by atomic mass is 10.0. The van der Waals surface area contributed by atoms with Crippen LogP contribution in [0.5, 0.6) is 0 Å². The molecule has 0 aliphatic carbocycles. The maximum absolute atomic E-state index is 9.36. The van der Waals surface area contributed by atoms with E-state index in [9.17, 15) is 5.11 Å². The van der Waals surface area contributed by atoms with Crippen molar-refractivity contribution < 1.29 is 5.11 Å². The third kappa shape index (κ3) is 2.66. The summed E-state index contributed by atoms with van der Waals surface area (Å²) >= 11 is 0. The Hall–Kier alpha value is -0.120. The number of rotatable bonds is 2. The minimum Gasteiger partial charge on any atom is -0.392 e. The molecule has 75 valence electrons. The van der Waals surface area contributed by atoms with Crippen molar-refractivity contribution in [1.82, 2.24) is 10.2 Å². The highest BCUT2D eigenvalue weighted by Gasteiger charge is 2.23. The summed E-state index contributed by atoms with van der Waals surface area (Å²) in [5, 5.41) is 14.0. The summed E-state index contributed by atoms with van der Waals surface area (Å²) in [6, 6.07) is 0.555. The van der Waals surface area contributed by atoms with Crippen LogP contribution in [0.3, 0.4) is 0 Å². The van der Waals surface area contributed by atoms with E-state index in [4.69, 9.17) is 0 Å². The number of nitrogens with zero attached hydrogens (tertiary/aromatic N) is 2. The molecule has 2 heterocycles. The van der Waals surface area contributed by atoms with Crippen LogP contribution in [0.2, 0.25) is 0 Å². The van der Waals surface area contributed by atoms with E-state index in [1.165, 1.54) is 19.3 Å². The van der Waals surface area contributed by atoms with Gasteiger partial charge in [-0.2, -0.15) is 0 Å². The molecule has 1 N–H and O–H groups in total. The number of piperidine rings is 1. The van der Waals surface area contributed by atoms with Crippen LogP contribution in [-0.4, -0.2) is 48.3 Å². The molecule has 2 aliphatic heterocycles. The molecule has 0 spiro atoms. The van der Waals surface area contributed by atoms with E-state index in [2.05, 4.69) is 10.2 Å². The Balaban J connectivity index is 1.71. The van der Waals surface area contributed by atoms with Crippen molar-refractivity contribution in [2.24, 2.45) is 0 Å². The lowest BCUT2D eigenvalue weighted by Gasteiger charge is -2.26. The largest absolute Gasteiger partial charge is 0.392 e. The second kappa shape index (κ2) is 4.40. The standard InChI is InChI=1S/C10H19N2O/c13-10-4-6-12(8-10)7-9-3-1-2-5-11-9/h9-10,13H,1-8H2. The Morgan fingerprint density at radius 3 is 2.85 bits per heavy atom. The average molecular weight is 183 g/mol. The summed E-state index contributed by atoms with van der Waals surface area (Å²) in [6.07, 6.45) is 4.74. The highest BCUT2D eigenvalue weighted by Crippen LogP contribution is 2.14. The van der Waals surface area contributed by atoms with Crippen molar-refractivity contribution in [3.8, 4) is 0 Å². The van der Waals surface area contributed by atoms with Gasteiger partial charge in [0.05, 0.1) is 6.10 Å².